The number of benzene rings is 2. The third kappa shape index (κ3) is 6.27. The van der Waals surface area contributed by atoms with Gasteiger partial charge in [0.05, 0.1) is 19.8 Å². The van der Waals surface area contributed by atoms with Crippen LogP contribution in [0.5, 0.6) is 11.5 Å². The number of methoxy groups -OCH3 is 1. The van der Waals surface area contributed by atoms with Gasteiger partial charge in [-0.3, -0.25) is 14.5 Å². The minimum atomic E-state index is -0.0400. The van der Waals surface area contributed by atoms with Gasteiger partial charge in [0.15, 0.2) is 11.5 Å². The summed E-state index contributed by atoms with van der Waals surface area (Å²) in [5.74, 6) is 2.49. The van der Waals surface area contributed by atoms with Gasteiger partial charge in [-0.1, -0.05) is 18.6 Å². The summed E-state index contributed by atoms with van der Waals surface area (Å²) in [4.78, 5) is 30.0. The first-order valence-corrected chi connectivity index (χ1v) is 13.7. The normalized spacial score (nSPS) is 20.9. The molecule has 2 aliphatic heterocycles. The zero-order chi connectivity index (χ0) is 25.8. The van der Waals surface area contributed by atoms with Gasteiger partial charge in [0.1, 0.15) is 0 Å². The molecule has 2 aromatic rings. The van der Waals surface area contributed by atoms with E-state index in [1.54, 1.807) is 7.11 Å². The second-order valence-electron chi connectivity index (χ2n) is 10.8. The lowest BCUT2D eigenvalue weighted by atomic mass is 9.89. The number of anilines is 1. The zero-order valence-corrected chi connectivity index (χ0v) is 22.1. The summed E-state index contributed by atoms with van der Waals surface area (Å²) in [7, 11) is 3.65. The largest absolute Gasteiger partial charge is 0.493 e. The summed E-state index contributed by atoms with van der Waals surface area (Å²) < 4.78 is 11.4. The Labute approximate surface area is 220 Å². The summed E-state index contributed by atoms with van der Waals surface area (Å²) >= 11 is 0. The van der Waals surface area contributed by atoms with E-state index in [4.69, 9.17) is 9.47 Å². The number of carbonyl (C=O) groups is 2. The van der Waals surface area contributed by atoms with Crippen LogP contribution < -0.4 is 14.8 Å². The van der Waals surface area contributed by atoms with Crippen LogP contribution >= 0.6 is 0 Å². The molecular formula is C30H39N3O4. The maximum absolute atomic E-state index is 13.2. The third-order valence-electron chi connectivity index (χ3n) is 8.09. The van der Waals surface area contributed by atoms with Crippen LogP contribution in [-0.4, -0.2) is 68.1 Å². The van der Waals surface area contributed by atoms with E-state index in [1.807, 2.05) is 42.3 Å². The lowest BCUT2D eigenvalue weighted by molar-refractivity contribution is -0.121. The molecule has 2 heterocycles. The molecule has 1 atom stereocenters. The number of rotatable bonds is 8. The van der Waals surface area contributed by atoms with Crippen molar-refractivity contribution < 1.29 is 19.1 Å². The molecule has 2 saturated heterocycles. The van der Waals surface area contributed by atoms with Gasteiger partial charge in [0.25, 0.3) is 5.91 Å². The number of carbonyl (C=O) groups excluding carboxylic acids is 2. The summed E-state index contributed by atoms with van der Waals surface area (Å²) in [6, 6.07) is 13.7. The molecule has 198 valence electrons. The zero-order valence-electron chi connectivity index (χ0n) is 22.1. The van der Waals surface area contributed by atoms with Crippen LogP contribution in [0.2, 0.25) is 0 Å². The molecule has 7 nitrogen and oxygen atoms in total. The monoisotopic (exact) mass is 505 g/mol. The van der Waals surface area contributed by atoms with E-state index in [-0.39, 0.29) is 17.9 Å². The SMILES string of the molecule is COc1ccc(C(=O)N2CCC(c3ccc(NC(=O)[C@H]4CCCCN4C)cc3)CC2)cc1OCC1CC1. The number of nitrogens with zero attached hydrogens (tertiary/aromatic N) is 2. The van der Waals surface area contributed by atoms with Gasteiger partial charge in [0.2, 0.25) is 5.91 Å². The molecule has 7 heteroatoms. The fourth-order valence-electron chi connectivity index (χ4n) is 5.48. The molecule has 5 rings (SSSR count). The number of hydrogen-bond donors (Lipinski definition) is 1. The van der Waals surface area contributed by atoms with Crippen molar-refractivity contribution in [1.29, 1.82) is 0 Å². The second-order valence-corrected chi connectivity index (χ2v) is 10.8. The van der Waals surface area contributed by atoms with Gasteiger partial charge < -0.3 is 19.7 Å². The summed E-state index contributed by atoms with van der Waals surface area (Å²) in [6.07, 6.45) is 7.46. The number of piperidine rings is 2. The fraction of sp³-hybridized carbons (Fsp3) is 0.533. The molecule has 0 spiro atoms. The molecular weight excluding hydrogens is 466 g/mol. The van der Waals surface area contributed by atoms with Crippen molar-refractivity contribution >= 4 is 17.5 Å². The average Bonchev–Trinajstić information content (AvgIpc) is 3.77. The van der Waals surface area contributed by atoms with Crippen LogP contribution in [0.1, 0.15) is 66.8 Å². The molecule has 1 saturated carbocycles. The van der Waals surface area contributed by atoms with Crippen molar-refractivity contribution in [2.45, 2.75) is 56.9 Å². The number of likely N-dealkylation sites (tertiary alicyclic amines) is 2. The second kappa shape index (κ2) is 11.5. The highest BCUT2D eigenvalue weighted by Crippen LogP contribution is 2.34. The van der Waals surface area contributed by atoms with E-state index < -0.39 is 0 Å². The number of hydrogen-bond acceptors (Lipinski definition) is 5. The maximum atomic E-state index is 13.2. The Bertz CT molecular complexity index is 1090. The van der Waals surface area contributed by atoms with Gasteiger partial charge in [0, 0.05) is 24.3 Å². The smallest absolute Gasteiger partial charge is 0.253 e. The Morgan fingerprint density at radius 1 is 0.919 bits per heavy atom. The maximum Gasteiger partial charge on any atom is 0.253 e. The van der Waals surface area contributed by atoms with E-state index in [0.29, 0.717) is 35.5 Å². The lowest BCUT2D eigenvalue weighted by Gasteiger charge is -2.32. The Morgan fingerprint density at radius 3 is 2.35 bits per heavy atom. The van der Waals surface area contributed by atoms with Gasteiger partial charge >= 0.3 is 0 Å². The van der Waals surface area contributed by atoms with Crippen LogP contribution in [0.15, 0.2) is 42.5 Å². The highest BCUT2D eigenvalue weighted by atomic mass is 16.5. The standard InChI is InChI=1S/C30H39N3O4/c1-32-16-4-3-5-26(32)29(34)31-25-11-8-22(9-12-25)23-14-17-33(18-15-23)30(35)24-10-13-27(36-2)28(19-24)37-20-21-6-7-21/h8-13,19,21,23,26H,3-7,14-18,20H2,1-2H3,(H,31,34)/t26-/m1/s1. The van der Waals surface area contributed by atoms with Crippen molar-refractivity contribution in [2.24, 2.45) is 5.92 Å². The molecule has 2 amide bonds. The van der Waals surface area contributed by atoms with Crippen molar-refractivity contribution in [3.63, 3.8) is 0 Å². The van der Waals surface area contributed by atoms with Crippen LogP contribution in [0, 0.1) is 5.92 Å². The quantitative estimate of drug-likeness (QED) is 0.551. The first kappa shape index (κ1) is 25.6. The Hall–Kier alpha value is -3.06. The highest BCUT2D eigenvalue weighted by molar-refractivity contribution is 5.95. The lowest BCUT2D eigenvalue weighted by Crippen LogP contribution is -2.44. The number of nitrogens with one attached hydrogen (secondary N) is 1. The molecule has 0 bridgehead atoms. The molecule has 0 unspecified atom stereocenters. The highest BCUT2D eigenvalue weighted by Gasteiger charge is 2.28. The molecule has 3 aliphatic rings. The Balaban J connectivity index is 1.14. The summed E-state index contributed by atoms with van der Waals surface area (Å²) in [5, 5.41) is 3.09. The summed E-state index contributed by atoms with van der Waals surface area (Å²) in [5.41, 5.74) is 2.76. The van der Waals surface area contributed by atoms with E-state index in [9.17, 15) is 9.59 Å². The molecule has 2 aromatic carbocycles. The van der Waals surface area contributed by atoms with Crippen molar-refractivity contribution in [2.75, 3.05) is 45.7 Å². The van der Waals surface area contributed by atoms with Gasteiger partial charge in [-0.15, -0.1) is 0 Å². The van der Waals surface area contributed by atoms with Crippen LogP contribution in [0.25, 0.3) is 0 Å². The molecule has 1 aliphatic carbocycles. The van der Waals surface area contributed by atoms with E-state index >= 15 is 0 Å². The number of ether oxygens (including phenoxy) is 2. The molecule has 3 fully saturated rings. The van der Waals surface area contributed by atoms with Crippen LogP contribution in [-0.2, 0) is 4.79 Å². The van der Waals surface area contributed by atoms with Crippen molar-refractivity contribution in [3.8, 4) is 11.5 Å². The number of amides is 2. The van der Waals surface area contributed by atoms with Gasteiger partial charge in [-0.2, -0.15) is 0 Å². The van der Waals surface area contributed by atoms with E-state index in [2.05, 4.69) is 22.3 Å². The fourth-order valence-corrected chi connectivity index (χ4v) is 5.48. The Morgan fingerprint density at radius 2 is 1.68 bits per heavy atom. The molecule has 1 N–H and O–H groups in total. The van der Waals surface area contributed by atoms with Crippen molar-refractivity contribution in [1.82, 2.24) is 9.80 Å². The predicted molar refractivity (Wildman–Crippen MR) is 144 cm³/mol. The van der Waals surface area contributed by atoms with Gasteiger partial charge in [-0.05, 0) is 99.8 Å². The number of likely N-dealkylation sites (N-methyl/N-ethyl adjacent to an activating group) is 1. The van der Waals surface area contributed by atoms with E-state index in [0.717, 1.165) is 57.4 Å². The first-order valence-electron chi connectivity index (χ1n) is 13.7. The van der Waals surface area contributed by atoms with Crippen molar-refractivity contribution in [3.05, 3.63) is 53.6 Å². The average molecular weight is 506 g/mol. The Kier molecular flexibility index (Phi) is 7.99. The predicted octanol–water partition coefficient (Wildman–Crippen LogP) is 4.93. The van der Waals surface area contributed by atoms with Gasteiger partial charge in [-0.25, -0.2) is 0 Å². The minimum Gasteiger partial charge on any atom is -0.493 e. The third-order valence-corrected chi connectivity index (χ3v) is 8.09. The van der Waals surface area contributed by atoms with E-state index in [1.165, 1.54) is 18.4 Å². The van der Waals surface area contributed by atoms with Crippen LogP contribution in [0.4, 0.5) is 5.69 Å². The molecule has 0 radical (unpaired) electrons. The van der Waals surface area contributed by atoms with Crippen LogP contribution in [0.3, 0.4) is 0 Å². The topological polar surface area (TPSA) is 71.1 Å². The molecule has 0 aromatic heterocycles. The summed E-state index contributed by atoms with van der Waals surface area (Å²) in [6.45, 7) is 3.10. The first-order chi connectivity index (χ1) is 18.0. The minimum absolute atomic E-state index is 0.0400. The molecule has 37 heavy (non-hydrogen) atoms.